The van der Waals surface area contributed by atoms with Crippen molar-refractivity contribution in [1.29, 1.82) is 0 Å². The monoisotopic (exact) mass is 297 g/mol. The van der Waals surface area contributed by atoms with E-state index in [2.05, 4.69) is 5.32 Å². The van der Waals surface area contributed by atoms with E-state index in [0.29, 0.717) is 38.9 Å². The van der Waals surface area contributed by atoms with Crippen molar-refractivity contribution in [3.8, 4) is 0 Å². The molecule has 0 aliphatic carbocycles. The van der Waals surface area contributed by atoms with Crippen LogP contribution < -0.4 is 5.32 Å². The number of urea groups is 1. The predicted molar refractivity (Wildman–Crippen MR) is 75.8 cm³/mol. The number of likely N-dealkylation sites (tertiary alicyclic amines) is 2. The molecule has 0 aromatic carbocycles. The highest BCUT2D eigenvalue weighted by molar-refractivity contribution is 5.78. The third kappa shape index (κ3) is 4.34. The van der Waals surface area contributed by atoms with Gasteiger partial charge in [0, 0.05) is 39.1 Å². The fourth-order valence-electron chi connectivity index (χ4n) is 2.84. The summed E-state index contributed by atoms with van der Waals surface area (Å²) in [6, 6.07) is -0.201. The minimum atomic E-state index is -0.786. The summed E-state index contributed by atoms with van der Waals surface area (Å²) in [4.78, 5) is 38.0. The third-order valence-electron chi connectivity index (χ3n) is 4.21. The van der Waals surface area contributed by atoms with Crippen molar-refractivity contribution in [2.75, 3.05) is 32.7 Å². The van der Waals surface area contributed by atoms with Gasteiger partial charge in [-0.2, -0.15) is 0 Å². The molecule has 0 radical (unpaired) electrons. The summed E-state index contributed by atoms with van der Waals surface area (Å²) in [5.74, 6) is -1.03. The van der Waals surface area contributed by atoms with Crippen LogP contribution in [0.2, 0.25) is 0 Å². The lowest BCUT2D eigenvalue weighted by Gasteiger charge is -2.30. The minimum absolute atomic E-state index is 0.0948. The first-order valence-corrected chi connectivity index (χ1v) is 7.61. The maximum atomic E-state index is 11.9. The van der Waals surface area contributed by atoms with Gasteiger partial charge in [0.25, 0.3) is 0 Å². The maximum absolute atomic E-state index is 11.9. The molecule has 3 amide bonds. The van der Waals surface area contributed by atoms with Crippen LogP contribution in [0.15, 0.2) is 0 Å². The van der Waals surface area contributed by atoms with Gasteiger partial charge in [0.05, 0.1) is 5.92 Å². The van der Waals surface area contributed by atoms with Gasteiger partial charge in [-0.1, -0.05) is 0 Å². The van der Waals surface area contributed by atoms with E-state index in [-0.39, 0.29) is 17.9 Å². The molecule has 0 bridgehead atoms. The number of aliphatic carboxylic acids is 1. The second-order valence-corrected chi connectivity index (χ2v) is 5.67. The van der Waals surface area contributed by atoms with Gasteiger partial charge < -0.3 is 20.2 Å². The van der Waals surface area contributed by atoms with E-state index in [9.17, 15) is 14.4 Å². The average molecular weight is 297 g/mol. The number of hydrogen-bond acceptors (Lipinski definition) is 3. The van der Waals surface area contributed by atoms with Gasteiger partial charge in [-0.3, -0.25) is 9.59 Å². The van der Waals surface area contributed by atoms with Crippen LogP contribution in [-0.2, 0) is 9.59 Å². The van der Waals surface area contributed by atoms with Crippen molar-refractivity contribution >= 4 is 17.9 Å². The summed E-state index contributed by atoms with van der Waals surface area (Å²) in [6.45, 7) is 2.92. The zero-order valence-corrected chi connectivity index (χ0v) is 12.2. The average Bonchev–Trinajstić information content (AvgIpc) is 3.01. The lowest BCUT2D eigenvalue weighted by molar-refractivity contribution is -0.143. The van der Waals surface area contributed by atoms with Crippen LogP contribution in [-0.4, -0.2) is 65.5 Å². The van der Waals surface area contributed by atoms with Gasteiger partial charge in [-0.25, -0.2) is 4.79 Å². The number of hydrogen-bond donors (Lipinski definition) is 2. The highest BCUT2D eigenvalue weighted by atomic mass is 16.4. The van der Waals surface area contributed by atoms with Crippen LogP contribution in [0.25, 0.3) is 0 Å². The zero-order chi connectivity index (χ0) is 15.2. The SMILES string of the molecule is O=C(O)C1CCN(C(=O)NCCC(=O)N2CCCC2)CC1. The Morgan fingerprint density at radius 1 is 1.00 bits per heavy atom. The number of carboxylic acids is 1. The summed E-state index contributed by atoms with van der Waals surface area (Å²) in [5.41, 5.74) is 0. The molecule has 118 valence electrons. The molecule has 2 saturated heterocycles. The summed E-state index contributed by atoms with van der Waals surface area (Å²) >= 11 is 0. The Morgan fingerprint density at radius 3 is 2.19 bits per heavy atom. The molecular weight excluding hydrogens is 274 g/mol. The molecule has 0 aromatic rings. The normalized spacial score (nSPS) is 19.6. The highest BCUT2D eigenvalue weighted by Gasteiger charge is 2.27. The van der Waals surface area contributed by atoms with E-state index >= 15 is 0 Å². The Labute approximate surface area is 124 Å². The molecule has 21 heavy (non-hydrogen) atoms. The molecule has 0 spiro atoms. The Balaban J connectivity index is 1.63. The molecule has 0 unspecified atom stereocenters. The second kappa shape index (κ2) is 7.28. The first-order valence-electron chi connectivity index (χ1n) is 7.61. The lowest BCUT2D eigenvalue weighted by atomic mass is 9.97. The topological polar surface area (TPSA) is 90.0 Å². The minimum Gasteiger partial charge on any atom is -0.481 e. The van der Waals surface area contributed by atoms with E-state index in [0.717, 1.165) is 25.9 Å². The van der Waals surface area contributed by atoms with E-state index in [1.54, 1.807) is 4.90 Å². The Kier molecular flexibility index (Phi) is 5.41. The maximum Gasteiger partial charge on any atom is 0.317 e. The number of nitrogens with one attached hydrogen (secondary N) is 1. The van der Waals surface area contributed by atoms with Gasteiger partial charge in [0.1, 0.15) is 0 Å². The van der Waals surface area contributed by atoms with Crippen molar-refractivity contribution in [3.63, 3.8) is 0 Å². The van der Waals surface area contributed by atoms with Gasteiger partial charge in [0.2, 0.25) is 5.91 Å². The number of piperidine rings is 1. The van der Waals surface area contributed by atoms with Crippen LogP contribution >= 0.6 is 0 Å². The molecule has 7 heteroatoms. The summed E-state index contributed by atoms with van der Waals surface area (Å²) in [6.07, 6.45) is 3.45. The van der Waals surface area contributed by atoms with Gasteiger partial charge in [-0.05, 0) is 25.7 Å². The molecule has 0 atom stereocenters. The van der Waals surface area contributed by atoms with Crippen molar-refractivity contribution in [2.45, 2.75) is 32.1 Å². The summed E-state index contributed by atoms with van der Waals surface area (Å²) in [7, 11) is 0. The molecule has 2 N–H and O–H groups in total. The van der Waals surface area contributed by atoms with Crippen molar-refractivity contribution < 1.29 is 19.5 Å². The quantitative estimate of drug-likeness (QED) is 0.791. The van der Waals surface area contributed by atoms with Gasteiger partial charge in [0.15, 0.2) is 0 Å². The molecule has 2 aliphatic heterocycles. The molecule has 7 nitrogen and oxygen atoms in total. The molecule has 2 aliphatic rings. The summed E-state index contributed by atoms with van der Waals surface area (Å²) in [5, 5.41) is 11.7. The van der Waals surface area contributed by atoms with Crippen LogP contribution in [0.1, 0.15) is 32.1 Å². The molecule has 0 saturated carbocycles. The number of carbonyl (C=O) groups is 3. The fraction of sp³-hybridized carbons (Fsp3) is 0.786. The largest absolute Gasteiger partial charge is 0.481 e. The Morgan fingerprint density at radius 2 is 1.62 bits per heavy atom. The Hall–Kier alpha value is -1.79. The predicted octanol–water partition coefficient (Wildman–Crippen LogP) is 0.505. The molecule has 2 heterocycles. The smallest absolute Gasteiger partial charge is 0.317 e. The lowest BCUT2D eigenvalue weighted by Crippen LogP contribution is -2.46. The molecule has 0 aromatic heterocycles. The van der Waals surface area contributed by atoms with Crippen LogP contribution in [0.4, 0.5) is 4.79 Å². The number of rotatable bonds is 4. The van der Waals surface area contributed by atoms with E-state index in [4.69, 9.17) is 5.11 Å². The van der Waals surface area contributed by atoms with Crippen LogP contribution in [0.3, 0.4) is 0 Å². The van der Waals surface area contributed by atoms with E-state index in [1.807, 2.05) is 4.90 Å². The van der Waals surface area contributed by atoms with E-state index < -0.39 is 5.97 Å². The molecule has 2 fully saturated rings. The highest BCUT2D eigenvalue weighted by Crippen LogP contribution is 2.17. The Bertz CT molecular complexity index is 399. The molecule has 2 rings (SSSR count). The number of amides is 3. The van der Waals surface area contributed by atoms with Crippen molar-refractivity contribution in [2.24, 2.45) is 5.92 Å². The van der Waals surface area contributed by atoms with E-state index in [1.165, 1.54) is 0 Å². The molecular formula is C14H23N3O4. The van der Waals surface area contributed by atoms with Crippen LogP contribution in [0.5, 0.6) is 0 Å². The fourth-order valence-corrected chi connectivity index (χ4v) is 2.84. The van der Waals surface area contributed by atoms with Crippen molar-refractivity contribution in [1.82, 2.24) is 15.1 Å². The summed E-state index contributed by atoms with van der Waals surface area (Å²) < 4.78 is 0. The van der Waals surface area contributed by atoms with Gasteiger partial charge in [-0.15, -0.1) is 0 Å². The van der Waals surface area contributed by atoms with Crippen LogP contribution in [0, 0.1) is 5.92 Å². The number of carboxylic acid groups (broad SMARTS) is 1. The standard InChI is InChI=1S/C14H23N3O4/c18-12(16-7-1-2-8-16)3-6-15-14(21)17-9-4-11(5-10-17)13(19)20/h11H,1-10H2,(H,15,21)(H,19,20). The number of carbonyl (C=O) groups excluding carboxylic acids is 2. The zero-order valence-electron chi connectivity index (χ0n) is 12.2. The second-order valence-electron chi connectivity index (χ2n) is 5.67. The first kappa shape index (κ1) is 15.6. The third-order valence-corrected chi connectivity index (χ3v) is 4.21. The van der Waals surface area contributed by atoms with Crippen molar-refractivity contribution in [3.05, 3.63) is 0 Å². The number of nitrogens with zero attached hydrogens (tertiary/aromatic N) is 2. The first-order chi connectivity index (χ1) is 10.1. The van der Waals surface area contributed by atoms with Gasteiger partial charge >= 0.3 is 12.0 Å².